The number of fused-ring (bicyclic) bond motifs is 1. The number of benzene rings is 2. The van der Waals surface area contributed by atoms with Gasteiger partial charge in [0.25, 0.3) is 0 Å². The zero-order valence-corrected chi connectivity index (χ0v) is 12.5. The third kappa shape index (κ3) is 2.11. The molecule has 5 nitrogen and oxygen atoms in total. The highest BCUT2D eigenvalue weighted by Crippen LogP contribution is 2.36. The van der Waals surface area contributed by atoms with E-state index in [0.717, 1.165) is 39.3 Å². The Bertz CT molecular complexity index is 776. The number of aryl methyl sites for hydroxylation is 1. The Hall–Kier alpha value is -2.56. The second-order valence-electron chi connectivity index (χ2n) is 4.88. The standard InChI is InChI=1S/C16H17N3O2/c1-10-9-14(20-3)11(2)16(21-4)15(10)19-17-12-7-5-6-8-13(12)18-19/h5-9H,1-4H3. The number of hydrogen-bond acceptors (Lipinski definition) is 4. The van der Waals surface area contributed by atoms with Crippen molar-refractivity contribution in [1.82, 2.24) is 15.0 Å². The van der Waals surface area contributed by atoms with Gasteiger partial charge in [-0.2, -0.15) is 0 Å². The number of hydrogen-bond donors (Lipinski definition) is 0. The van der Waals surface area contributed by atoms with Gasteiger partial charge in [-0.25, -0.2) is 0 Å². The van der Waals surface area contributed by atoms with Gasteiger partial charge in [0.05, 0.1) is 14.2 Å². The molecule has 0 aliphatic carbocycles. The minimum Gasteiger partial charge on any atom is -0.496 e. The van der Waals surface area contributed by atoms with E-state index < -0.39 is 0 Å². The minimum absolute atomic E-state index is 0.729. The maximum absolute atomic E-state index is 5.57. The summed E-state index contributed by atoms with van der Waals surface area (Å²) < 4.78 is 11.0. The van der Waals surface area contributed by atoms with E-state index in [4.69, 9.17) is 9.47 Å². The van der Waals surface area contributed by atoms with Gasteiger partial charge in [-0.1, -0.05) is 12.1 Å². The summed E-state index contributed by atoms with van der Waals surface area (Å²) in [7, 11) is 3.30. The zero-order chi connectivity index (χ0) is 15.0. The third-order valence-corrected chi connectivity index (χ3v) is 3.56. The van der Waals surface area contributed by atoms with Crippen LogP contribution < -0.4 is 9.47 Å². The Morgan fingerprint density at radius 3 is 2.10 bits per heavy atom. The molecule has 3 aromatic rings. The van der Waals surface area contributed by atoms with Crippen molar-refractivity contribution in [1.29, 1.82) is 0 Å². The highest BCUT2D eigenvalue weighted by Gasteiger charge is 2.18. The summed E-state index contributed by atoms with van der Waals surface area (Å²) in [5.74, 6) is 1.52. The lowest BCUT2D eigenvalue weighted by Crippen LogP contribution is -2.06. The van der Waals surface area contributed by atoms with Crippen LogP contribution in [0.4, 0.5) is 0 Å². The summed E-state index contributed by atoms with van der Waals surface area (Å²) >= 11 is 0. The lowest BCUT2D eigenvalue weighted by molar-refractivity contribution is 0.385. The van der Waals surface area contributed by atoms with Gasteiger partial charge in [0.2, 0.25) is 0 Å². The molecule has 0 aliphatic rings. The van der Waals surface area contributed by atoms with Crippen LogP contribution in [0, 0.1) is 13.8 Å². The second-order valence-corrected chi connectivity index (χ2v) is 4.88. The van der Waals surface area contributed by atoms with E-state index in [9.17, 15) is 0 Å². The Kier molecular flexibility index (Phi) is 3.25. The SMILES string of the molecule is COc1cc(C)c(-n2nc3ccccc3n2)c(OC)c1C. The van der Waals surface area contributed by atoms with E-state index in [2.05, 4.69) is 10.2 Å². The van der Waals surface area contributed by atoms with Crippen molar-refractivity contribution in [2.45, 2.75) is 13.8 Å². The van der Waals surface area contributed by atoms with Gasteiger partial charge >= 0.3 is 0 Å². The molecule has 0 spiro atoms. The normalized spacial score (nSPS) is 10.9. The first kappa shape index (κ1) is 13.4. The predicted octanol–water partition coefficient (Wildman–Crippen LogP) is 3.05. The predicted molar refractivity (Wildman–Crippen MR) is 81.4 cm³/mol. The van der Waals surface area contributed by atoms with Gasteiger partial charge < -0.3 is 9.47 Å². The molecule has 0 fully saturated rings. The fourth-order valence-electron chi connectivity index (χ4n) is 2.51. The molecule has 21 heavy (non-hydrogen) atoms. The monoisotopic (exact) mass is 283 g/mol. The van der Waals surface area contributed by atoms with E-state index >= 15 is 0 Å². The molecule has 0 amide bonds. The van der Waals surface area contributed by atoms with Crippen LogP contribution in [0.1, 0.15) is 11.1 Å². The van der Waals surface area contributed by atoms with Crippen LogP contribution in [0.5, 0.6) is 11.5 Å². The fraction of sp³-hybridized carbons (Fsp3) is 0.250. The van der Waals surface area contributed by atoms with Crippen molar-refractivity contribution in [2.24, 2.45) is 0 Å². The van der Waals surface area contributed by atoms with E-state index in [0.29, 0.717) is 0 Å². The second kappa shape index (κ2) is 5.09. The van der Waals surface area contributed by atoms with Gasteiger partial charge in [-0.05, 0) is 37.6 Å². The average Bonchev–Trinajstić information content (AvgIpc) is 2.91. The highest BCUT2D eigenvalue weighted by molar-refractivity contribution is 5.74. The summed E-state index contributed by atoms with van der Waals surface area (Å²) in [5.41, 5.74) is 4.48. The van der Waals surface area contributed by atoms with Crippen molar-refractivity contribution in [3.8, 4) is 17.2 Å². The fourth-order valence-corrected chi connectivity index (χ4v) is 2.51. The Morgan fingerprint density at radius 1 is 0.952 bits per heavy atom. The van der Waals surface area contributed by atoms with Crippen LogP contribution in [0.3, 0.4) is 0 Å². The summed E-state index contributed by atoms with van der Waals surface area (Å²) in [6, 6.07) is 9.75. The molecule has 5 heteroatoms. The van der Waals surface area contributed by atoms with Crippen molar-refractivity contribution >= 4 is 11.0 Å². The maximum atomic E-state index is 5.57. The van der Waals surface area contributed by atoms with Gasteiger partial charge in [0.1, 0.15) is 22.5 Å². The molecule has 0 saturated carbocycles. The lowest BCUT2D eigenvalue weighted by atomic mass is 10.1. The topological polar surface area (TPSA) is 49.2 Å². The zero-order valence-electron chi connectivity index (χ0n) is 12.5. The summed E-state index contributed by atoms with van der Waals surface area (Å²) in [6.07, 6.45) is 0. The highest BCUT2D eigenvalue weighted by atomic mass is 16.5. The molecule has 0 bridgehead atoms. The molecule has 0 unspecified atom stereocenters. The molecule has 2 aromatic carbocycles. The molecule has 108 valence electrons. The maximum Gasteiger partial charge on any atom is 0.153 e. The molecule has 0 radical (unpaired) electrons. The molecule has 0 atom stereocenters. The third-order valence-electron chi connectivity index (χ3n) is 3.56. The van der Waals surface area contributed by atoms with E-state index in [1.165, 1.54) is 0 Å². The molecule has 0 aliphatic heterocycles. The molecular formula is C16H17N3O2. The summed E-state index contributed by atoms with van der Waals surface area (Å²) in [5, 5.41) is 9.07. The van der Waals surface area contributed by atoms with Crippen molar-refractivity contribution < 1.29 is 9.47 Å². The molecule has 0 N–H and O–H groups in total. The first-order chi connectivity index (χ1) is 10.2. The molecule has 1 aromatic heterocycles. The summed E-state index contributed by atoms with van der Waals surface area (Å²) in [6.45, 7) is 3.96. The first-order valence-corrected chi connectivity index (χ1v) is 6.70. The summed E-state index contributed by atoms with van der Waals surface area (Å²) in [4.78, 5) is 1.63. The van der Waals surface area contributed by atoms with Crippen LogP contribution in [0.15, 0.2) is 30.3 Å². The molecule has 3 rings (SSSR count). The van der Waals surface area contributed by atoms with Crippen LogP contribution in [0.25, 0.3) is 16.7 Å². The quantitative estimate of drug-likeness (QED) is 0.741. The van der Waals surface area contributed by atoms with Crippen LogP contribution in [-0.4, -0.2) is 29.2 Å². The Labute approximate surface area is 123 Å². The van der Waals surface area contributed by atoms with E-state index in [1.54, 1.807) is 19.0 Å². The van der Waals surface area contributed by atoms with Gasteiger partial charge in [-0.15, -0.1) is 15.0 Å². The first-order valence-electron chi connectivity index (χ1n) is 6.70. The molecular weight excluding hydrogens is 266 g/mol. The number of methoxy groups -OCH3 is 2. The molecule has 1 heterocycles. The van der Waals surface area contributed by atoms with Crippen LogP contribution >= 0.6 is 0 Å². The smallest absolute Gasteiger partial charge is 0.153 e. The van der Waals surface area contributed by atoms with Gasteiger partial charge in [0.15, 0.2) is 5.75 Å². The lowest BCUT2D eigenvalue weighted by Gasteiger charge is -2.16. The minimum atomic E-state index is 0.729. The van der Waals surface area contributed by atoms with Crippen molar-refractivity contribution in [3.63, 3.8) is 0 Å². The number of nitrogens with zero attached hydrogens (tertiary/aromatic N) is 3. The van der Waals surface area contributed by atoms with Crippen molar-refractivity contribution in [3.05, 3.63) is 41.5 Å². The average molecular weight is 283 g/mol. The Morgan fingerprint density at radius 2 is 1.57 bits per heavy atom. The number of rotatable bonds is 3. The van der Waals surface area contributed by atoms with E-state index in [-0.39, 0.29) is 0 Å². The number of aromatic nitrogens is 3. The Balaban J connectivity index is 2.28. The van der Waals surface area contributed by atoms with Crippen LogP contribution in [-0.2, 0) is 0 Å². The van der Waals surface area contributed by atoms with E-state index in [1.807, 2.05) is 44.2 Å². The van der Waals surface area contributed by atoms with Gasteiger partial charge in [0, 0.05) is 5.56 Å². The largest absolute Gasteiger partial charge is 0.496 e. The van der Waals surface area contributed by atoms with Crippen LogP contribution in [0.2, 0.25) is 0 Å². The molecule has 0 saturated heterocycles. The number of ether oxygens (including phenoxy) is 2. The van der Waals surface area contributed by atoms with Gasteiger partial charge in [-0.3, -0.25) is 0 Å². The van der Waals surface area contributed by atoms with Crippen molar-refractivity contribution in [2.75, 3.05) is 14.2 Å².